The van der Waals surface area contributed by atoms with E-state index >= 15 is 0 Å². The van der Waals surface area contributed by atoms with Gasteiger partial charge in [-0.05, 0) is 5.56 Å². The van der Waals surface area contributed by atoms with Gasteiger partial charge in [-0.3, -0.25) is 0 Å². The quantitative estimate of drug-likeness (QED) is 0.398. The Kier molecular flexibility index (Phi) is 7.62. The molecule has 16 heavy (non-hydrogen) atoms. The average Bonchev–Trinajstić information content (AvgIpc) is 2.29. The maximum Gasteiger partial charge on any atom is 1.00 e. The van der Waals surface area contributed by atoms with E-state index < -0.39 is 0 Å². The molecule has 1 rings (SSSR count). The van der Waals surface area contributed by atoms with Crippen molar-refractivity contribution in [2.75, 3.05) is 0 Å². The summed E-state index contributed by atoms with van der Waals surface area (Å²) in [7, 11) is 0. The second-order valence-electron chi connectivity index (χ2n) is 2.77. The first kappa shape index (κ1) is 15.0. The van der Waals surface area contributed by atoms with E-state index in [9.17, 15) is 0 Å². The Morgan fingerprint density at radius 3 is 2.25 bits per heavy atom. The van der Waals surface area contributed by atoms with Gasteiger partial charge in [0.2, 0.25) is 0 Å². The van der Waals surface area contributed by atoms with E-state index in [0.29, 0.717) is 6.54 Å². The average molecular weight is 237 g/mol. The van der Waals surface area contributed by atoms with Crippen molar-refractivity contribution in [2.45, 2.75) is 6.54 Å². The zero-order valence-electron chi connectivity index (χ0n) is 8.90. The van der Waals surface area contributed by atoms with Gasteiger partial charge in [-0.1, -0.05) is 35.4 Å². The van der Waals surface area contributed by atoms with Crippen LogP contribution in [0.15, 0.2) is 40.9 Å². The van der Waals surface area contributed by atoms with E-state index in [-0.39, 0.29) is 40.2 Å². The van der Waals surface area contributed by atoms with Crippen molar-refractivity contribution in [1.29, 1.82) is 10.5 Å². The van der Waals surface area contributed by atoms with E-state index in [2.05, 4.69) is 5.32 Å². The first-order chi connectivity index (χ1) is 7.27. The Morgan fingerprint density at radius 2 is 1.75 bits per heavy atom. The van der Waals surface area contributed by atoms with Gasteiger partial charge in [0.1, 0.15) is 17.7 Å². The summed E-state index contributed by atoms with van der Waals surface area (Å²) < 4.78 is 0. The molecule has 0 spiro atoms. The van der Waals surface area contributed by atoms with Gasteiger partial charge in [0.15, 0.2) is 0 Å². The Balaban J connectivity index is 0.00000225. The Labute approximate surface area is 122 Å². The smallest absolute Gasteiger partial charge is 0.761 e. The second-order valence-corrected chi connectivity index (χ2v) is 3.18. The molecule has 0 aliphatic heterocycles. The molecule has 0 saturated heterocycles. The molecular weight excluding hydrogens is 229 g/mol. The topological polar surface area (TPSA) is 59.6 Å². The molecule has 0 heterocycles. The third-order valence-corrected chi connectivity index (χ3v) is 2.10. The van der Waals surface area contributed by atoms with Gasteiger partial charge in [-0.2, -0.15) is 10.5 Å². The fourth-order valence-corrected chi connectivity index (χ4v) is 1.16. The molecule has 1 aromatic rings. The van der Waals surface area contributed by atoms with Crippen LogP contribution in [0.2, 0.25) is 0 Å². The first-order valence-electron chi connectivity index (χ1n) is 4.27. The predicted molar refractivity (Wildman–Crippen MR) is 58.9 cm³/mol. The third kappa shape index (κ3) is 4.65. The van der Waals surface area contributed by atoms with Crippen molar-refractivity contribution in [3.63, 3.8) is 0 Å². The fourth-order valence-electron chi connectivity index (χ4n) is 0.993. The van der Waals surface area contributed by atoms with Crippen molar-refractivity contribution in [3.05, 3.63) is 46.5 Å². The van der Waals surface area contributed by atoms with Gasteiger partial charge in [0.25, 0.3) is 0 Å². The molecule has 0 fully saturated rings. The molecule has 0 bridgehead atoms. The number of hydrogen-bond donors (Lipinski definition) is 1. The number of rotatable bonds is 3. The molecule has 0 aliphatic carbocycles. The maximum absolute atomic E-state index is 8.56. The van der Waals surface area contributed by atoms with Crippen molar-refractivity contribution in [3.8, 4) is 12.1 Å². The zero-order chi connectivity index (χ0) is 11.1. The second kappa shape index (κ2) is 8.15. The summed E-state index contributed by atoms with van der Waals surface area (Å²) in [5.41, 5.74) is 0.996. The van der Waals surface area contributed by atoms with Crippen molar-refractivity contribution in [2.24, 2.45) is 0 Å². The molecule has 3 nitrogen and oxygen atoms in total. The largest absolute Gasteiger partial charge is 1.00 e. The molecule has 1 N–H and O–H groups in total. The molecule has 0 amide bonds. The summed E-state index contributed by atoms with van der Waals surface area (Å²) in [5.74, 6) is 0. The normalized spacial score (nSPS) is 7.88. The Hall–Kier alpha value is -1.04. The van der Waals surface area contributed by atoms with Crippen molar-refractivity contribution in [1.82, 2.24) is 5.32 Å². The summed E-state index contributed by atoms with van der Waals surface area (Å²) in [5, 5.41) is 20.2. The summed E-state index contributed by atoms with van der Waals surface area (Å²) >= 11 is 4.88. The van der Waals surface area contributed by atoms with E-state index in [1.54, 1.807) is 12.1 Å². The van der Waals surface area contributed by atoms with E-state index in [1.165, 1.54) is 0 Å². The van der Waals surface area contributed by atoms with Crippen LogP contribution in [-0.4, -0.2) is 0 Å². The van der Waals surface area contributed by atoms with Crippen molar-refractivity contribution >= 4 is 12.6 Å². The Bertz CT molecular complexity index is 427. The molecule has 74 valence electrons. The molecule has 0 atom stereocenters. The minimum Gasteiger partial charge on any atom is -0.761 e. The minimum atomic E-state index is -0.0547. The minimum absolute atomic E-state index is 0. The third-order valence-electron chi connectivity index (χ3n) is 1.75. The molecule has 5 heteroatoms. The molecule has 0 saturated carbocycles. The van der Waals surface area contributed by atoms with Gasteiger partial charge < -0.3 is 17.9 Å². The summed E-state index contributed by atoms with van der Waals surface area (Å²) in [6, 6.07) is 13.1. The maximum atomic E-state index is 8.56. The Morgan fingerprint density at radius 1 is 1.19 bits per heavy atom. The molecule has 0 radical (unpaired) electrons. The number of nitrogens with zero attached hydrogens (tertiary/aromatic N) is 2. The van der Waals surface area contributed by atoms with Crippen LogP contribution < -0.4 is 34.9 Å². The SMILES string of the molecule is N#CC(C#N)=C([S-])NCc1ccccc1.[Na+]. The number of nitriles is 2. The van der Waals surface area contributed by atoms with Crippen LogP contribution in [0.3, 0.4) is 0 Å². The number of allylic oxidation sites excluding steroid dienone is 1. The standard InChI is InChI=1S/C11H9N3S.Na/c12-6-10(7-13)11(15)14-8-9-4-2-1-3-5-9;/h1-5,14-15H,8H2;/q;+1/p-1. The van der Waals surface area contributed by atoms with Crippen LogP contribution in [0.25, 0.3) is 0 Å². The molecule has 1 aromatic carbocycles. The van der Waals surface area contributed by atoms with Gasteiger partial charge in [-0.15, -0.1) is 0 Å². The van der Waals surface area contributed by atoms with Crippen LogP contribution in [-0.2, 0) is 19.2 Å². The van der Waals surface area contributed by atoms with Gasteiger partial charge in [0, 0.05) is 6.54 Å². The number of nitrogens with one attached hydrogen (secondary N) is 1. The molecular formula is C11H8N3NaS. The predicted octanol–water partition coefficient (Wildman–Crippen LogP) is -1.41. The van der Waals surface area contributed by atoms with Crippen molar-refractivity contribution < 1.29 is 29.6 Å². The van der Waals surface area contributed by atoms with Crippen LogP contribution in [0.1, 0.15) is 5.56 Å². The summed E-state index contributed by atoms with van der Waals surface area (Å²) in [4.78, 5) is 0. The number of hydrogen-bond acceptors (Lipinski definition) is 4. The summed E-state index contributed by atoms with van der Waals surface area (Å²) in [6.07, 6.45) is 0. The van der Waals surface area contributed by atoms with Gasteiger partial charge >= 0.3 is 29.6 Å². The zero-order valence-corrected chi connectivity index (χ0v) is 11.7. The first-order valence-corrected chi connectivity index (χ1v) is 4.68. The van der Waals surface area contributed by atoms with Crippen LogP contribution in [0.5, 0.6) is 0 Å². The van der Waals surface area contributed by atoms with Crippen LogP contribution in [0.4, 0.5) is 0 Å². The summed E-state index contributed by atoms with van der Waals surface area (Å²) in [6.45, 7) is 0.520. The van der Waals surface area contributed by atoms with E-state index in [4.69, 9.17) is 23.2 Å². The van der Waals surface area contributed by atoms with Gasteiger partial charge in [0.05, 0.1) is 0 Å². The number of benzene rings is 1. The molecule has 0 aromatic heterocycles. The molecule has 0 aliphatic rings. The molecule has 0 unspecified atom stereocenters. The van der Waals surface area contributed by atoms with Crippen LogP contribution in [0, 0.1) is 22.7 Å². The van der Waals surface area contributed by atoms with E-state index in [1.807, 2.05) is 30.3 Å². The fraction of sp³-hybridized carbons (Fsp3) is 0.0909. The van der Waals surface area contributed by atoms with Crippen LogP contribution >= 0.6 is 0 Å². The van der Waals surface area contributed by atoms with E-state index in [0.717, 1.165) is 5.56 Å². The van der Waals surface area contributed by atoms with Gasteiger partial charge in [-0.25, -0.2) is 0 Å². The monoisotopic (exact) mass is 237 g/mol.